The molecule has 0 saturated carbocycles. The third-order valence-corrected chi connectivity index (χ3v) is 6.46. The van der Waals surface area contributed by atoms with Gasteiger partial charge in [0.1, 0.15) is 4.90 Å². The lowest BCUT2D eigenvalue weighted by Gasteiger charge is -2.34. The Bertz CT molecular complexity index is 611. The van der Waals surface area contributed by atoms with E-state index in [1.54, 1.807) is 16.4 Å². The van der Waals surface area contributed by atoms with Gasteiger partial charge in [0.2, 0.25) is 10.0 Å². The summed E-state index contributed by atoms with van der Waals surface area (Å²) in [5.41, 5.74) is 8.26. The summed E-state index contributed by atoms with van der Waals surface area (Å²) in [6.07, 6.45) is 0.908. The van der Waals surface area contributed by atoms with Crippen molar-refractivity contribution >= 4 is 15.7 Å². The van der Waals surface area contributed by atoms with Crippen molar-refractivity contribution in [1.82, 2.24) is 4.31 Å². The minimum absolute atomic E-state index is 0.252. The van der Waals surface area contributed by atoms with Gasteiger partial charge in [-0.2, -0.15) is 4.31 Å². The Hall–Kier alpha value is -1.07. The Kier molecular flexibility index (Phi) is 4.12. The third-order valence-electron chi connectivity index (χ3n) is 4.54. The zero-order chi connectivity index (χ0) is 15.1. The lowest BCUT2D eigenvalue weighted by atomic mass is 9.90. The number of piperidine rings is 1. The average Bonchev–Trinajstić information content (AvgIpc) is 2.36. The van der Waals surface area contributed by atoms with Gasteiger partial charge in [-0.25, -0.2) is 8.42 Å². The van der Waals surface area contributed by atoms with Crippen molar-refractivity contribution in [2.45, 2.75) is 39.0 Å². The van der Waals surface area contributed by atoms with Crippen LogP contribution < -0.4 is 5.73 Å². The van der Waals surface area contributed by atoms with Gasteiger partial charge in [0.05, 0.1) is 5.69 Å². The van der Waals surface area contributed by atoms with Gasteiger partial charge in [0, 0.05) is 13.1 Å². The van der Waals surface area contributed by atoms with E-state index in [2.05, 4.69) is 13.8 Å². The van der Waals surface area contributed by atoms with Crippen LogP contribution in [0.1, 0.15) is 31.4 Å². The monoisotopic (exact) mass is 296 g/mol. The predicted molar refractivity (Wildman–Crippen MR) is 82.0 cm³/mol. The summed E-state index contributed by atoms with van der Waals surface area (Å²) in [7, 11) is -3.48. The van der Waals surface area contributed by atoms with E-state index in [0.29, 0.717) is 30.6 Å². The molecule has 0 amide bonds. The van der Waals surface area contributed by atoms with Gasteiger partial charge in [-0.3, -0.25) is 0 Å². The first-order valence-electron chi connectivity index (χ1n) is 7.10. The van der Waals surface area contributed by atoms with Crippen LogP contribution in [0.4, 0.5) is 5.69 Å². The minimum atomic E-state index is -3.48. The van der Waals surface area contributed by atoms with Crippen LogP contribution in [0.5, 0.6) is 0 Å². The Labute approximate surface area is 122 Å². The third kappa shape index (κ3) is 2.69. The Morgan fingerprint density at radius 2 is 1.75 bits per heavy atom. The molecule has 2 atom stereocenters. The summed E-state index contributed by atoms with van der Waals surface area (Å²) in [5.74, 6) is 0.949. The fourth-order valence-electron chi connectivity index (χ4n) is 2.62. The van der Waals surface area contributed by atoms with Crippen LogP contribution in [0, 0.1) is 25.7 Å². The molecule has 0 spiro atoms. The highest BCUT2D eigenvalue weighted by Crippen LogP contribution is 2.30. The van der Waals surface area contributed by atoms with Gasteiger partial charge in [0.15, 0.2) is 0 Å². The van der Waals surface area contributed by atoms with Crippen molar-refractivity contribution in [1.29, 1.82) is 0 Å². The molecule has 2 rings (SSSR count). The molecular weight excluding hydrogens is 272 g/mol. The highest BCUT2D eigenvalue weighted by molar-refractivity contribution is 7.89. The van der Waals surface area contributed by atoms with Gasteiger partial charge in [-0.1, -0.05) is 13.8 Å². The zero-order valence-corrected chi connectivity index (χ0v) is 13.5. The number of hydrogen-bond donors (Lipinski definition) is 1. The number of nitrogens with two attached hydrogens (primary N) is 1. The molecule has 1 heterocycles. The van der Waals surface area contributed by atoms with Gasteiger partial charge in [0.25, 0.3) is 0 Å². The van der Waals surface area contributed by atoms with Crippen molar-refractivity contribution in [2.24, 2.45) is 11.8 Å². The maximum Gasteiger partial charge on any atom is 0.245 e. The number of nitrogens with zero attached hydrogens (tertiary/aromatic N) is 1. The van der Waals surface area contributed by atoms with Gasteiger partial charge >= 0.3 is 0 Å². The van der Waals surface area contributed by atoms with Crippen LogP contribution in [-0.2, 0) is 10.0 Å². The molecular formula is C15H24N2O2S. The first-order valence-corrected chi connectivity index (χ1v) is 8.54. The molecule has 2 unspecified atom stereocenters. The van der Waals surface area contributed by atoms with Gasteiger partial charge in [-0.15, -0.1) is 0 Å². The van der Waals surface area contributed by atoms with Crippen molar-refractivity contribution in [3.05, 3.63) is 23.3 Å². The second-order valence-electron chi connectivity index (χ2n) is 6.08. The molecule has 1 aliphatic heterocycles. The summed E-state index contributed by atoms with van der Waals surface area (Å²) in [4.78, 5) is 0.252. The highest BCUT2D eigenvalue weighted by atomic mass is 32.2. The SMILES string of the molecule is Cc1cc(N)c(S(=O)(=O)N2CCC(C)C(C)C2)cc1C. The number of hydrogen-bond acceptors (Lipinski definition) is 3. The van der Waals surface area contributed by atoms with Crippen LogP contribution in [0.15, 0.2) is 17.0 Å². The molecule has 1 aromatic carbocycles. The second kappa shape index (κ2) is 5.37. The smallest absolute Gasteiger partial charge is 0.245 e. The van der Waals surface area contributed by atoms with Gasteiger partial charge < -0.3 is 5.73 Å². The number of anilines is 1. The molecule has 112 valence electrons. The topological polar surface area (TPSA) is 63.4 Å². The molecule has 4 nitrogen and oxygen atoms in total. The van der Waals surface area contributed by atoms with Crippen LogP contribution in [0.3, 0.4) is 0 Å². The Balaban J connectivity index is 2.38. The van der Waals surface area contributed by atoms with E-state index < -0.39 is 10.0 Å². The van der Waals surface area contributed by atoms with E-state index in [1.165, 1.54) is 0 Å². The van der Waals surface area contributed by atoms with Crippen molar-refractivity contribution in [3.63, 3.8) is 0 Å². The summed E-state index contributed by atoms with van der Waals surface area (Å²) >= 11 is 0. The Morgan fingerprint density at radius 3 is 2.35 bits per heavy atom. The Morgan fingerprint density at radius 1 is 1.15 bits per heavy atom. The minimum Gasteiger partial charge on any atom is -0.398 e. The molecule has 1 fully saturated rings. The van der Waals surface area contributed by atoms with Crippen molar-refractivity contribution in [3.8, 4) is 0 Å². The summed E-state index contributed by atoms with van der Waals surface area (Å²) in [6.45, 7) is 9.30. The number of aryl methyl sites for hydroxylation is 2. The molecule has 0 aliphatic carbocycles. The fourth-order valence-corrected chi connectivity index (χ4v) is 4.36. The first kappa shape index (κ1) is 15.3. The molecule has 1 aliphatic rings. The molecule has 0 aromatic heterocycles. The zero-order valence-electron chi connectivity index (χ0n) is 12.7. The lowest BCUT2D eigenvalue weighted by molar-refractivity contribution is 0.212. The van der Waals surface area contributed by atoms with E-state index in [4.69, 9.17) is 5.73 Å². The molecule has 20 heavy (non-hydrogen) atoms. The predicted octanol–water partition coefficient (Wildman–Crippen LogP) is 2.55. The quantitative estimate of drug-likeness (QED) is 0.853. The molecule has 0 radical (unpaired) electrons. The van der Waals surface area contributed by atoms with E-state index in [9.17, 15) is 8.42 Å². The molecule has 0 bridgehead atoms. The van der Waals surface area contributed by atoms with E-state index >= 15 is 0 Å². The maximum absolute atomic E-state index is 12.8. The molecule has 5 heteroatoms. The van der Waals surface area contributed by atoms with E-state index in [-0.39, 0.29) is 4.90 Å². The van der Waals surface area contributed by atoms with Crippen LogP contribution in [-0.4, -0.2) is 25.8 Å². The summed E-state index contributed by atoms with van der Waals surface area (Å²) in [6, 6.07) is 3.45. The van der Waals surface area contributed by atoms with Gasteiger partial charge in [-0.05, 0) is 55.4 Å². The highest BCUT2D eigenvalue weighted by Gasteiger charge is 2.32. The van der Waals surface area contributed by atoms with E-state index in [0.717, 1.165) is 17.5 Å². The normalized spacial score (nSPS) is 24.8. The molecule has 1 saturated heterocycles. The fraction of sp³-hybridized carbons (Fsp3) is 0.600. The van der Waals surface area contributed by atoms with Crippen LogP contribution >= 0.6 is 0 Å². The molecule has 1 aromatic rings. The summed E-state index contributed by atoms with van der Waals surface area (Å²) in [5, 5.41) is 0. The number of nitrogen functional groups attached to an aromatic ring is 1. The van der Waals surface area contributed by atoms with E-state index in [1.807, 2.05) is 13.8 Å². The van der Waals surface area contributed by atoms with Crippen molar-refractivity contribution in [2.75, 3.05) is 18.8 Å². The lowest BCUT2D eigenvalue weighted by Crippen LogP contribution is -2.42. The second-order valence-corrected chi connectivity index (χ2v) is 7.99. The summed E-state index contributed by atoms with van der Waals surface area (Å²) < 4.78 is 27.1. The standard InChI is InChI=1S/C15H24N2O2S/c1-10-5-6-17(9-13(10)4)20(18,19)15-8-12(3)11(2)7-14(15)16/h7-8,10,13H,5-6,9,16H2,1-4H3. The number of sulfonamides is 1. The number of benzene rings is 1. The molecule has 2 N–H and O–H groups in total. The first-order chi connectivity index (χ1) is 9.23. The maximum atomic E-state index is 12.8. The largest absolute Gasteiger partial charge is 0.398 e. The van der Waals surface area contributed by atoms with Crippen LogP contribution in [0.2, 0.25) is 0 Å². The van der Waals surface area contributed by atoms with Crippen LogP contribution in [0.25, 0.3) is 0 Å². The average molecular weight is 296 g/mol. The number of rotatable bonds is 2. The van der Waals surface area contributed by atoms with Crippen molar-refractivity contribution < 1.29 is 8.42 Å².